The first kappa shape index (κ1) is 13.3. The molecule has 2 aromatic carbocycles. The Hall–Kier alpha value is -2.10. The lowest BCUT2D eigenvalue weighted by Gasteiger charge is -2.10. The number of aryl methyl sites for hydroxylation is 1. The summed E-state index contributed by atoms with van der Waals surface area (Å²) in [7, 11) is 0. The highest BCUT2D eigenvalue weighted by Gasteiger charge is 2.01. The van der Waals surface area contributed by atoms with Crippen molar-refractivity contribution in [1.82, 2.24) is 0 Å². The van der Waals surface area contributed by atoms with Crippen molar-refractivity contribution in [2.75, 3.05) is 18.5 Å². The highest BCUT2D eigenvalue weighted by atomic mass is 19.1. The predicted octanol–water partition coefficient (Wildman–Crippen LogP) is 3.76. The molecule has 0 unspecified atom stereocenters. The second-order valence-corrected chi connectivity index (χ2v) is 4.19. The lowest BCUT2D eigenvalue weighted by molar-refractivity contribution is 0.328. The summed E-state index contributed by atoms with van der Waals surface area (Å²) in [5.74, 6) is -0.0369. The van der Waals surface area contributed by atoms with Gasteiger partial charge in [0.1, 0.15) is 24.0 Å². The molecule has 2 rings (SSSR count). The molecule has 0 saturated carbocycles. The van der Waals surface area contributed by atoms with Crippen molar-refractivity contribution in [3.63, 3.8) is 0 Å². The molecule has 0 bridgehead atoms. The Kier molecular flexibility index (Phi) is 4.34. The number of halogens is 2. The van der Waals surface area contributed by atoms with Crippen molar-refractivity contribution in [2.45, 2.75) is 6.92 Å². The zero-order chi connectivity index (χ0) is 13.7. The fraction of sp³-hybridized carbons (Fsp3) is 0.200. The maximum Gasteiger partial charge on any atom is 0.126 e. The largest absolute Gasteiger partial charge is 0.491 e. The molecule has 1 N–H and O–H groups in total. The van der Waals surface area contributed by atoms with E-state index in [1.165, 1.54) is 24.3 Å². The molecule has 0 spiro atoms. The van der Waals surface area contributed by atoms with Gasteiger partial charge in [0.15, 0.2) is 0 Å². The molecule has 2 aromatic rings. The summed E-state index contributed by atoms with van der Waals surface area (Å²) in [6, 6.07) is 10.5. The molecule has 0 aliphatic carbocycles. The van der Waals surface area contributed by atoms with E-state index in [1.54, 1.807) is 18.2 Å². The average Bonchev–Trinajstić information content (AvgIpc) is 2.40. The molecule has 0 amide bonds. The Balaban J connectivity index is 1.80. The minimum Gasteiger partial charge on any atom is -0.491 e. The average molecular weight is 263 g/mol. The van der Waals surface area contributed by atoms with Crippen molar-refractivity contribution >= 4 is 5.69 Å². The fourth-order valence-electron chi connectivity index (χ4n) is 1.65. The Morgan fingerprint density at radius 2 is 1.68 bits per heavy atom. The smallest absolute Gasteiger partial charge is 0.126 e. The lowest BCUT2D eigenvalue weighted by Crippen LogP contribution is -2.12. The number of hydrogen-bond donors (Lipinski definition) is 1. The number of hydrogen-bond acceptors (Lipinski definition) is 2. The number of benzene rings is 2. The molecule has 100 valence electrons. The normalized spacial score (nSPS) is 10.3. The van der Waals surface area contributed by atoms with E-state index in [1.807, 2.05) is 6.92 Å². The van der Waals surface area contributed by atoms with Gasteiger partial charge >= 0.3 is 0 Å². The van der Waals surface area contributed by atoms with Crippen LogP contribution < -0.4 is 10.1 Å². The van der Waals surface area contributed by atoms with Crippen LogP contribution in [0.5, 0.6) is 5.75 Å². The van der Waals surface area contributed by atoms with Gasteiger partial charge in [0.25, 0.3) is 0 Å². The van der Waals surface area contributed by atoms with E-state index in [-0.39, 0.29) is 11.6 Å². The van der Waals surface area contributed by atoms with E-state index in [0.717, 1.165) is 11.3 Å². The van der Waals surface area contributed by atoms with Gasteiger partial charge in [-0.05, 0) is 42.8 Å². The summed E-state index contributed by atoms with van der Waals surface area (Å²) in [5, 5.41) is 3.09. The summed E-state index contributed by atoms with van der Waals surface area (Å²) >= 11 is 0. The lowest BCUT2D eigenvalue weighted by atomic mass is 10.2. The molecular weight excluding hydrogens is 248 g/mol. The maximum atomic E-state index is 13.0. The molecule has 0 fully saturated rings. The summed E-state index contributed by atoms with van der Waals surface area (Å²) < 4.78 is 31.2. The van der Waals surface area contributed by atoms with Crippen LogP contribution in [0, 0.1) is 18.6 Å². The third kappa shape index (κ3) is 3.95. The first-order valence-electron chi connectivity index (χ1n) is 6.03. The molecule has 2 nitrogen and oxygen atoms in total. The fourth-order valence-corrected chi connectivity index (χ4v) is 1.65. The zero-order valence-corrected chi connectivity index (χ0v) is 10.6. The minimum atomic E-state index is -0.313. The van der Waals surface area contributed by atoms with Gasteiger partial charge in [-0.2, -0.15) is 0 Å². The summed E-state index contributed by atoms with van der Waals surface area (Å²) in [5.41, 5.74) is 1.71. The van der Waals surface area contributed by atoms with Gasteiger partial charge in [0.05, 0.1) is 0 Å². The van der Waals surface area contributed by atoms with Crippen molar-refractivity contribution in [2.24, 2.45) is 0 Å². The number of ether oxygens (including phenoxy) is 1. The Bertz CT molecular complexity index is 540. The highest BCUT2D eigenvalue weighted by molar-refractivity contribution is 5.42. The van der Waals surface area contributed by atoms with Gasteiger partial charge in [-0.1, -0.05) is 6.07 Å². The van der Waals surface area contributed by atoms with E-state index in [9.17, 15) is 8.78 Å². The second-order valence-electron chi connectivity index (χ2n) is 4.19. The minimum absolute atomic E-state index is 0.266. The third-order valence-electron chi connectivity index (χ3n) is 2.68. The quantitative estimate of drug-likeness (QED) is 0.829. The van der Waals surface area contributed by atoms with Crippen molar-refractivity contribution in [3.05, 3.63) is 59.7 Å². The number of anilines is 1. The van der Waals surface area contributed by atoms with Crippen LogP contribution in [0.3, 0.4) is 0 Å². The molecule has 0 aliphatic rings. The maximum absolute atomic E-state index is 13.0. The van der Waals surface area contributed by atoms with E-state index in [4.69, 9.17) is 4.74 Å². The van der Waals surface area contributed by atoms with E-state index in [2.05, 4.69) is 5.32 Å². The summed E-state index contributed by atoms with van der Waals surface area (Å²) in [4.78, 5) is 0. The van der Waals surface area contributed by atoms with Gasteiger partial charge in [0.2, 0.25) is 0 Å². The molecule has 4 heteroatoms. The molecule has 0 saturated heterocycles. The van der Waals surface area contributed by atoms with Crippen LogP contribution in [-0.4, -0.2) is 13.2 Å². The van der Waals surface area contributed by atoms with E-state index in [0.29, 0.717) is 18.9 Å². The summed E-state index contributed by atoms with van der Waals surface area (Å²) in [6.07, 6.45) is 0. The first-order chi connectivity index (χ1) is 9.15. The van der Waals surface area contributed by atoms with Crippen molar-refractivity contribution < 1.29 is 13.5 Å². The van der Waals surface area contributed by atoms with Crippen LogP contribution in [0.15, 0.2) is 42.5 Å². The van der Waals surface area contributed by atoms with Gasteiger partial charge in [-0.15, -0.1) is 0 Å². The molecule has 0 aliphatic heterocycles. The number of rotatable bonds is 5. The van der Waals surface area contributed by atoms with Gasteiger partial charge in [0, 0.05) is 18.3 Å². The molecule has 0 atom stereocenters. The second kappa shape index (κ2) is 6.18. The Morgan fingerprint density at radius 1 is 1.00 bits per heavy atom. The van der Waals surface area contributed by atoms with Gasteiger partial charge in [-0.25, -0.2) is 8.78 Å². The molecule has 0 radical (unpaired) electrons. The van der Waals surface area contributed by atoms with Crippen LogP contribution >= 0.6 is 0 Å². The molecule has 0 heterocycles. The van der Waals surface area contributed by atoms with E-state index >= 15 is 0 Å². The third-order valence-corrected chi connectivity index (χ3v) is 2.68. The Morgan fingerprint density at radius 3 is 2.42 bits per heavy atom. The van der Waals surface area contributed by atoms with Gasteiger partial charge in [-0.3, -0.25) is 0 Å². The van der Waals surface area contributed by atoms with Crippen molar-refractivity contribution in [3.8, 4) is 5.75 Å². The van der Waals surface area contributed by atoms with Crippen LogP contribution in [0.25, 0.3) is 0 Å². The van der Waals surface area contributed by atoms with E-state index < -0.39 is 0 Å². The summed E-state index contributed by atoms with van der Waals surface area (Å²) in [6.45, 7) is 2.82. The standard InChI is InChI=1S/C15H15F2NO/c1-11-2-3-13(17)10-15(11)19-9-8-18-14-6-4-12(16)5-7-14/h2-7,10,18H,8-9H2,1H3. The molecular formula is C15H15F2NO. The van der Waals surface area contributed by atoms with Crippen LogP contribution in [0.2, 0.25) is 0 Å². The van der Waals surface area contributed by atoms with Crippen LogP contribution in [0.4, 0.5) is 14.5 Å². The topological polar surface area (TPSA) is 21.3 Å². The van der Waals surface area contributed by atoms with Crippen molar-refractivity contribution in [1.29, 1.82) is 0 Å². The first-order valence-corrected chi connectivity index (χ1v) is 6.03. The number of nitrogens with one attached hydrogen (secondary N) is 1. The van der Waals surface area contributed by atoms with Crippen LogP contribution in [0.1, 0.15) is 5.56 Å². The molecule has 0 aromatic heterocycles. The SMILES string of the molecule is Cc1ccc(F)cc1OCCNc1ccc(F)cc1. The van der Waals surface area contributed by atoms with Gasteiger partial charge < -0.3 is 10.1 Å². The highest BCUT2D eigenvalue weighted by Crippen LogP contribution is 2.18. The molecule has 19 heavy (non-hydrogen) atoms. The predicted molar refractivity (Wildman–Crippen MR) is 71.5 cm³/mol. The monoisotopic (exact) mass is 263 g/mol. The van der Waals surface area contributed by atoms with Crippen LogP contribution in [-0.2, 0) is 0 Å². The zero-order valence-electron chi connectivity index (χ0n) is 10.6. The Labute approximate surface area is 111 Å².